The van der Waals surface area contributed by atoms with Gasteiger partial charge in [-0.3, -0.25) is 9.69 Å². The number of hydrogen-bond donors (Lipinski definition) is 1. The van der Waals surface area contributed by atoms with E-state index in [9.17, 15) is 4.79 Å². The van der Waals surface area contributed by atoms with E-state index in [1.54, 1.807) is 0 Å². The molecule has 1 aromatic heterocycles. The SMILES string of the molecule is CCN1CCC(N2CCCC(n3cc(C(=O)NCC(C)C)nn3)C2)CC1. The van der Waals surface area contributed by atoms with Crippen molar-refractivity contribution in [2.45, 2.75) is 58.5 Å². The molecule has 1 N–H and O–H groups in total. The van der Waals surface area contributed by atoms with E-state index in [0.717, 1.165) is 19.5 Å². The number of hydrogen-bond acceptors (Lipinski definition) is 5. The minimum atomic E-state index is -0.121. The highest BCUT2D eigenvalue weighted by Gasteiger charge is 2.30. The third-order valence-electron chi connectivity index (χ3n) is 5.74. The molecule has 3 rings (SSSR count). The van der Waals surface area contributed by atoms with E-state index in [-0.39, 0.29) is 5.91 Å². The Morgan fingerprint density at radius 2 is 2.00 bits per heavy atom. The number of nitrogens with zero attached hydrogens (tertiary/aromatic N) is 5. The van der Waals surface area contributed by atoms with Crippen molar-refractivity contribution in [3.63, 3.8) is 0 Å². The third-order valence-corrected chi connectivity index (χ3v) is 5.74. The summed E-state index contributed by atoms with van der Waals surface area (Å²) in [4.78, 5) is 17.4. The standard InChI is InChI=1S/C19H34N6O/c1-4-23-10-7-16(8-11-23)24-9-5-6-17(13-24)25-14-18(21-22-25)19(26)20-12-15(2)3/h14-17H,4-13H2,1-3H3,(H,20,26). The van der Waals surface area contributed by atoms with E-state index in [4.69, 9.17) is 0 Å². The van der Waals surface area contributed by atoms with Gasteiger partial charge in [0.25, 0.3) is 5.91 Å². The zero-order valence-corrected chi connectivity index (χ0v) is 16.5. The van der Waals surface area contributed by atoms with Crippen molar-refractivity contribution in [1.29, 1.82) is 0 Å². The fraction of sp³-hybridized carbons (Fsp3) is 0.842. The first-order valence-electron chi connectivity index (χ1n) is 10.2. The fourth-order valence-electron chi connectivity index (χ4n) is 4.08. The summed E-state index contributed by atoms with van der Waals surface area (Å²) in [5, 5.41) is 11.3. The molecule has 1 unspecified atom stereocenters. The van der Waals surface area contributed by atoms with Crippen LogP contribution in [0.15, 0.2) is 6.20 Å². The maximum atomic E-state index is 12.2. The Hall–Kier alpha value is -1.47. The van der Waals surface area contributed by atoms with Gasteiger partial charge in [-0.1, -0.05) is 26.0 Å². The highest BCUT2D eigenvalue weighted by atomic mass is 16.2. The van der Waals surface area contributed by atoms with Crippen LogP contribution in [0.2, 0.25) is 0 Å². The van der Waals surface area contributed by atoms with Gasteiger partial charge in [-0.2, -0.15) is 0 Å². The molecule has 7 nitrogen and oxygen atoms in total. The highest BCUT2D eigenvalue weighted by Crippen LogP contribution is 2.26. The zero-order valence-electron chi connectivity index (χ0n) is 16.5. The lowest BCUT2D eigenvalue weighted by molar-refractivity contribution is 0.0724. The normalized spacial score (nSPS) is 23.5. The molecule has 2 saturated heterocycles. The average molecular weight is 363 g/mol. The maximum Gasteiger partial charge on any atom is 0.273 e. The first-order chi connectivity index (χ1) is 12.6. The monoisotopic (exact) mass is 362 g/mol. The predicted molar refractivity (Wildman–Crippen MR) is 102 cm³/mol. The van der Waals surface area contributed by atoms with Crippen LogP contribution >= 0.6 is 0 Å². The molecule has 2 aliphatic rings. The first kappa shape index (κ1) is 19.3. The number of carbonyl (C=O) groups is 1. The number of piperidine rings is 2. The summed E-state index contributed by atoms with van der Waals surface area (Å²) in [5.41, 5.74) is 0.430. The Balaban J connectivity index is 1.55. The Bertz CT molecular complexity index is 578. The molecule has 0 spiro atoms. The van der Waals surface area contributed by atoms with Crippen molar-refractivity contribution in [2.24, 2.45) is 5.92 Å². The van der Waals surface area contributed by atoms with Crippen LogP contribution in [-0.4, -0.2) is 76.0 Å². The molecule has 0 radical (unpaired) electrons. The molecule has 1 atom stereocenters. The van der Waals surface area contributed by atoms with Gasteiger partial charge in [0, 0.05) is 19.1 Å². The number of likely N-dealkylation sites (tertiary alicyclic amines) is 2. The summed E-state index contributed by atoms with van der Waals surface area (Å²) in [6, 6.07) is 1.02. The second-order valence-electron chi connectivity index (χ2n) is 8.14. The number of aromatic nitrogens is 3. The molecule has 26 heavy (non-hydrogen) atoms. The Morgan fingerprint density at radius 3 is 2.69 bits per heavy atom. The van der Waals surface area contributed by atoms with Gasteiger partial charge in [-0.05, 0) is 57.8 Å². The minimum absolute atomic E-state index is 0.121. The van der Waals surface area contributed by atoms with Crippen LogP contribution in [0.5, 0.6) is 0 Å². The average Bonchev–Trinajstić information content (AvgIpc) is 3.16. The molecule has 7 heteroatoms. The summed E-state index contributed by atoms with van der Waals surface area (Å²) in [6.45, 7) is 12.9. The topological polar surface area (TPSA) is 66.3 Å². The lowest BCUT2D eigenvalue weighted by Gasteiger charge is -2.42. The van der Waals surface area contributed by atoms with Crippen molar-refractivity contribution in [3.8, 4) is 0 Å². The van der Waals surface area contributed by atoms with Crippen LogP contribution in [0.4, 0.5) is 0 Å². The molecule has 2 fully saturated rings. The van der Waals surface area contributed by atoms with Crippen molar-refractivity contribution in [1.82, 2.24) is 30.1 Å². The zero-order chi connectivity index (χ0) is 18.5. The van der Waals surface area contributed by atoms with Crippen LogP contribution < -0.4 is 5.32 Å². The molecule has 0 bridgehead atoms. The van der Waals surface area contributed by atoms with Gasteiger partial charge < -0.3 is 10.2 Å². The summed E-state index contributed by atoms with van der Waals surface area (Å²) < 4.78 is 1.91. The first-order valence-corrected chi connectivity index (χ1v) is 10.2. The van der Waals surface area contributed by atoms with Gasteiger partial charge in [-0.25, -0.2) is 4.68 Å². The molecule has 1 aromatic rings. The van der Waals surface area contributed by atoms with Crippen molar-refractivity contribution in [3.05, 3.63) is 11.9 Å². The van der Waals surface area contributed by atoms with Crippen LogP contribution in [0, 0.1) is 5.92 Å². The molecular weight excluding hydrogens is 328 g/mol. The number of nitrogens with one attached hydrogen (secondary N) is 1. The van der Waals surface area contributed by atoms with Gasteiger partial charge >= 0.3 is 0 Å². The fourth-order valence-corrected chi connectivity index (χ4v) is 4.08. The Morgan fingerprint density at radius 1 is 1.23 bits per heavy atom. The van der Waals surface area contributed by atoms with E-state index >= 15 is 0 Å². The predicted octanol–water partition coefficient (Wildman–Crippen LogP) is 1.79. The van der Waals surface area contributed by atoms with Crippen LogP contribution in [-0.2, 0) is 0 Å². The summed E-state index contributed by atoms with van der Waals surface area (Å²) in [7, 11) is 0. The lowest BCUT2D eigenvalue weighted by atomic mass is 9.98. The van der Waals surface area contributed by atoms with Crippen molar-refractivity contribution >= 4 is 5.91 Å². The molecular formula is C19H34N6O. The molecule has 0 aliphatic carbocycles. The third kappa shape index (κ3) is 4.82. The number of carbonyl (C=O) groups excluding carboxylic acids is 1. The maximum absolute atomic E-state index is 12.2. The quantitative estimate of drug-likeness (QED) is 0.836. The molecule has 0 aromatic carbocycles. The lowest BCUT2D eigenvalue weighted by Crippen LogP contribution is -2.48. The van der Waals surface area contributed by atoms with Crippen LogP contribution in [0.3, 0.4) is 0 Å². The molecule has 146 valence electrons. The van der Waals surface area contributed by atoms with E-state index in [0.29, 0.717) is 30.2 Å². The van der Waals surface area contributed by atoms with Gasteiger partial charge in [0.15, 0.2) is 5.69 Å². The molecule has 0 saturated carbocycles. The summed E-state index contributed by atoms with van der Waals surface area (Å²) in [5.74, 6) is 0.310. The van der Waals surface area contributed by atoms with Gasteiger partial charge in [0.05, 0.1) is 12.2 Å². The highest BCUT2D eigenvalue weighted by molar-refractivity contribution is 5.91. The molecule has 1 amide bonds. The van der Waals surface area contributed by atoms with Gasteiger partial charge in [0.1, 0.15) is 0 Å². The van der Waals surface area contributed by atoms with E-state index in [2.05, 4.69) is 46.2 Å². The van der Waals surface area contributed by atoms with Gasteiger partial charge in [0.2, 0.25) is 0 Å². The Kier molecular flexibility index (Phi) is 6.64. The van der Waals surface area contributed by atoms with E-state index in [1.165, 1.54) is 38.9 Å². The second-order valence-corrected chi connectivity index (χ2v) is 8.14. The Labute approximate surface area is 157 Å². The number of rotatable bonds is 6. The van der Waals surface area contributed by atoms with Gasteiger partial charge in [-0.15, -0.1) is 5.10 Å². The van der Waals surface area contributed by atoms with Crippen LogP contribution in [0.25, 0.3) is 0 Å². The van der Waals surface area contributed by atoms with Crippen molar-refractivity contribution in [2.75, 3.05) is 39.3 Å². The molecule has 3 heterocycles. The van der Waals surface area contributed by atoms with Crippen LogP contribution in [0.1, 0.15) is 63.0 Å². The second kappa shape index (κ2) is 8.95. The minimum Gasteiger partial charge on any atom is -0.350 e. The number of amides is 1. The van der Waals surface area contributed by atoms with E-state index in [1.807, 2.05) is 10.9 Å². The largest absolute Gasteiger partial charge is 0.350 e. The van der Waals surface area contributed by atoms with E-state index < -0.39 is 0 Å². The van der Waals surface area contributed by atoms with Crippen molar-refractivity contribution < 1.29 is 4.79 Å². The molecule has 2 aliphatic heterocycles. The summed E-state index contributed by atoms with van der Waals surface area (Å²) >= 11 is 0. The smallest absolute Gasteiger partial charge is 0.273 e. The summed E-state index contributed by atoms with van der Waals surface area (Å²) in [6.07, 6.45) is 6.65.